The maximum atomic E-state index is 12.1. The van der Waals surface area contributed by atoms with Gasteiger partial charge in [0.25, 0.3) is 0 Å². The molecule has 4 nitrogen and oxygen atoms in total. The van der Waals surface area contributed by atoms with Gasteiger partial charge in [0.1, 0.15) is 5.15 Å². The van der Waals surface area contributed by atoms with E-state index in [2.05, 4.69) is 4.98 Å². The molecule has 2 atom stereocenters. The van der Waals surface area contributed by atoms with Gasteiger partial charge in [-0.3, -0.25) is 0 Å². The molecule has 116 valence electrons. The number of carbonyl (C=O) groups excluding carboxylic acids is 1. The first-order chi connectivity index (χ1) is 10.0. The second-order valence-electron chi connectivity index (χ2n) is 6.10. The van der Waals surface area contributed by atoms with Crippen LogP contribution in [0.25, 0.3) is 0 Å². The van der Waals surface area contributed by atoms with Crippen LogP contribution in [-0.4, -0.2) is 29.3 Å². The minimum atomic E-state index is -0.336. The third-order valence-corrected chi connectivity index (χ3v) is 3.97. The fourth-order valence-corrected chi connectivity index (χ4v) is 2.55. The van der Waals surface area contributed by atoms with E-state index in [1.54, 1.807) is 12.1 Å². The maximum Gasteiger partial charge on any atom is 0.339 e. The van der Waals surface area contributed by atoms with E-state index in [4.69, 9.17) is 21.4 Å². The van der Waals surface area contributed by atoms with Crippen LogP contribution in [0.5, 0.6) is 0 Å². The number of rotatable bonds is 7. The molecule has 0 bridgehead atoms. The normalized spacial score (nSPS) is 20.6. The summed E-state index contributed by atoms with van der Waals surface area (Å²) in [5, 5.41) is 9.46. The Kier molecular flexibility index (Phi) is 5.59. The van der Waals surface area contributed by atoms with Crippen molar-refractivity contribution in [2.75, 3.05) is 13.2 Å². The number of aliphatic hydroxyl groups is 1. The van der Waals surface area contributed by atoms with Crippen molar-refractivity contribution in [1.82, 2.24) is 4.98 Å². The Hall–Kier alpha value is -1.13. The molecule has 1 N–H and O–H groups in total. The Morgan fingerprint density at radius 2 is 2.24 bits per heavy atom. The molecular formula is C16H22ClNO3. The Balaban J connectivity index is 2.01. The highest BCUT2D eigenvalue weighted by molar-refractivity contribution is 6.29. The average molecular weight is 312 g/mol. The molecule has 2 rings (SSSR count). The highest BCUT2D eigenvalue weighted by Crippen LogP contribution is 2.41. The molecule has 0 radical (unpaired) electrons. The molecule has 0 aromatic carbocycles. The molecule has 1 aromatic rings. The SMILES string of the molecule is CC(C)COC(=O)c1ccc(Cl)nc1CC[C@H]1C[C@@H]1CO. The van der Waals surface area contributed by atoms with Gasteiger partial charge in [-0.2, -0.15) is 0 Å². The predicted molar refractivity (Wildman–Crippen MR) is 81.4 cm³/mol. The van der Waals surface area contributed by atoms with Gasteiger partial charge in [-0.25, -0.2) is 9.78 Å². The van der Waals surface area contributed by atoms with Gasteiger partial charge < -0.3 is 9.84 Å². The van der Waals surface area contributed by atoms with Gasteiger partial charge in [0.2, 0.25) is 0 Å². The van der Waals surface area contributed by atoms with Crippen LogP contribution < -0.4 is 0 Å². The van der Waals surface area contributed by atoms with E-state index in [0.717, 1.165) is 12.8 Å². The zero-order chi connectivity index (χ0) is 15.4. The Bertz CT molecular complexity index is 504. The van der Waals surface area contributed by atoms with Gasteiger partial charge in [-0.1, -0.05) is 25.4 Å². The third-order valence-electron chi connectivity index (χ3n) is 3.76. The standard InChI is InChI=1S/C16H22ClNO3/c1-10(2)9-21-16(20)13-4-6-15(17)18-14(13)5-3-11-7-12(11)8-19/h4,6,10-12,19H,3,5,7-9H2,1-2H3/t11-,12+/m0/s1. The van der Waals surface area contributed by atoms with Crippen LogP contribution in [0.4, 0.5) is 0 Å². The van der Waals surface area contributed by atoms with Gasteiger partial charge >= 0.3 is 5.97 Å². The molecule has 0 saturated heterocycles. The molecule has 1 fully saturated rings. The quantitative estimate of drug-likeness (QED) is 0.621. The first-order valence-corrected chi connectivity index (χ1v) is 7.82. The topological polar surface area (TPSA) is 59.4 Å². The summed E-state index contributed by atoms with van der Waals surface area (Å²) in [5.41, 5.74) is 1.20. The van der Waals surface area contributed by atoms with Gasteiger partial charge in [0.05, 0.1) is 17.9 Å². The molecule has 5 heteroatoms. The number of ether oxygens (including phenoxy) is 1. The second kappa shape index (κ2) is 7.23. The summed E-state index contributed by atoms with van der Waals surface area (Å²) in [6.07, 6.45) is 2.67. The summed E-state index contributed by atoms with van der Waals surface area (Å²) in [5.74, 6) is 0.919. The van der Waals surface area contributed by atoms with Gasteiger partial charge in [0.15, 0.2) is 0 Å². The Labute approximate surface area is 130 Å². The highest BCUT2D eigenvalue weighted by Gasteiger charge is 2.35. The number of nitrogens with zero attached hydrogens (tertiary/aromatic N) is 1. The number of carbonyl (C=O) groups is 1. The summed E-state index contributed by atoms with van der Waals surface area (Å²) in [6.45, 7) is 4.64. The number of pyridine rings is 1. The van der Waals surface area contributed by atoms with Crippen LogP contribution >= 0.6 is 11.6 Å². The lowest BCUT2D eigenvalue weighted by Gasteiger charge is -2.10. The van der Waals surface area contributed by atoms with Crippen LogP contribution in [0.15, 0.2) is 12.1 Å². The molecule has 0 amide bonds. The summed E-state index contributed by atoms with van der Waals surface area (Å²) >= 11 is 5.93. The molecule has 21 heavy (non-hydrogen) atoms. The van der Waals surface area contributed by atoms with E-state index >= 15 is 0 Å². The minimum absolute atomic E-state index is 0.247. The molecule has 0 spiro atoms. The second-order valence-corrected chi connectivity index (χ2v) is 6.48. The van der Waals surface area contributed by atoms with Gasteiger partial charge in [-0.15, -0.1) is 0 Å². The van der Waals surface area contributed by atoms with Crippen molar-refractivity contribution in [2.24, 2.45) is 17.8 Å². The summed E-state index contributed by atoms with van der Waals surface area (Å²) in [6, 6.07) is 3.30. The Morgan fingerprint density at radius 1 is 1.48 bits per heavy atom. The fourth-order valence-electron chi connectivity index (χ4n) is 2.38. The van der Waals surface area contributed by atoms with Crippen LogP contribution in [-0.2, 0) is 11.2 Å². The van der Waals surface area contributed by atoms with Crippen molar-refractivity contribution in [3.63, 3.8) is 0 Å². The monoisotopic (exact) mass is 311 g/mol. The summed E-state index contributed by atoms with van der Waals surface area (Å²) < 4.78 is 5.27. The molecule has 0 unspecified atom stereocenters. The summed E-state index contributed by atoms with van der Waals surface area (Å²) in [4.78, 5) is 16.4. The van der Waals surface area contributed by atoms with E-state index < -0.39 is 0 Å². The van der Waals surface area contributed by atoms with Crippen molar-refractivity contribution in [2.45, 2.75) is 33.1 Å². The number of esters is 1. The zero-order valence-corrected chi connectivity index (χ0v) is 13.3. The molecule has 1 heterocycles. The number of halogens is 1. The summed E-state index contributed by atoms with van der Waals surface area (Å²) in [7, 11) is 0. The lowest BCUT2D eigenvalue weighted by atomic mass is 10.1. The molecule has 1 aliphatic carbocycles. The van der Waals surface area contributed by atoms with E-state index in [1.807, 2.05) is 13.8 Å². The number of aryl methyl sites for hydroxylation is 1. The van der Waals surface area contributed by atoms with E-state index in [0.29, 0.717) is 47.2 Å². The molecule has 1 saturated carbocycles. The number of aliphatic hydroxyl groups excluding tert-OH is 1. The largest absolute Gasteiger partial charge is 0.462 e. The Morgan fingerprint density at radius 3 is 2.86 bits per heavy atom. The smallest absolute Gasteiger partial charge is 0.339 e. The van der Waals surface area contributed by atoms with Crippen LogP contribution in [0, 0.1) is 17.8 Å². The molecule has 1 aromatic heterocycles. The first kappa shape index (κ1) is 16.2. The molecule has 0 aliphatic heterocycles. The van der Waals surface area contributed by atoms with Gasteiger partial charge in [-0.05, 0) is 49.1 Å². The highest BCUT2D eigenvalue weighted by atomic mass is 35.5. The number of hydrogen-bond acceptors (Lipinski definition) is 4. The van der Waals surface area contributed by atoms with Crippen LogP contribution in [0.1, 0.15) is 42.7 Å². The van der Waals surface area contributed by atoms with E-state index in [-0.39, 0.29) is 12.6 Å². The van der Waals surface area contributed by atoms with Crippen molar-refractivity contribution < 1.29 is 14.6 Å². The van der Waals surface area contributed by atoms with Crippen molar-refractivity contribution >= 4 is 17.6 Å². The molecular weight excluding hydrogens is 290 g/mol. The van der Waals surface area contributed by atoms with Gasteiger partial charge in [0, 0.05) is 6.61 Å². The van der Waals surface area contributed by atoms with Crippen LogP contribution in [0.2, 0.25) is 5.15 Å². The minimum Gasteiger partial charge on any atom is -0.462 e. The van der Waals surface area contributed by atoms with E-state index in [1.165, 1.54) is 0 Å². The predicted octanol–water partition coefficient (Wildman–Crippen LogP) is 3.11. The fraction of sp³-hybridized carbons (Fsp3) is 0.625. The van der Waals surface area contributed by atoms with Crippen molar-refractivity contribution in [3.8, 4) is 0 Å². The first-order valence-electron chi connectivity index (χ1n) is 7.44. The van der Waals surface area contributed by atoms with E-state index in [9.17, 15) is 4.79 Å². The molecule has 1 aliphatic rings. The maximum absolute atomic E-state index is 12.1. The number of hydrogen-bond donors (Lipinski definition) is 1. The van der Waals surface area contributed by atoms with Crippen molar-refractivity contribution in [3.05, 3.63) is 28.5 Å². The average Bonchev–Trinajstić information content (AvgIpc) is 3.21. The zero-order valence-electron chi connectivity index (χ0n) is 12.5. The lowest BCUT2D eigenvalue weighted by molar-refractivity contribution is 0.0457. The van der Waals surface area contributed by atoms with Crippen LogP contribution in [0.3, 0.4) is 0 Å². The number of aromatic nitrogens is 1. The third kappa shape index (κ3) is 4.68. The lowest BCUT2D eigenvalue weighted by Crippen LogP contribution is -2.13. The van der Waals surface area contributed by atoms with Crippen molar-refractivity contribution in [1.29, 1.82) is 0 Å².